The van der Waals surface area contributed by atoms with Crippen LogP contribution < -0.4 is 4.74 Å². The second-order valence-corrected chi connectivity index (χ2v) is 6.34. The van der Waals surface area contributed by atoms with Crippen molar-refractivity contribution in [2.24, 2.45) is 0 Å². The van der Waals surface area contributed by atoms with Gasteiger partial charge < -0.3 is 9.64 Å². The Kier molecular flexibility index (Phi) is 5.66. The Morgan fingerprint density at radius 2 is 2.00 bits per heavy atom. The second-order valence-electron chi connectivity index (χ2n) is 6.34. The van der Waals surface area contributed by atoms with Crippen LogP contribution in [0.3, 0.4) is 0 Å². The van der Waals surface area contributed by atoms with E-state index in [4.69, 9.17) is 4.74 Å². The topological polar surface area (TPSA) is 45.7 Å². The van der Waals surface area contributed by atoms with Crippen LogP contribution in [-0.2, 0) is 6.54 Å². The molecule has 5 heteroatoms. The summed E-state index contributed by atoms with van der Waals surface area (Å²) in [5.74, 6) is 0.965. The molecule has 1 unspecified atom stereocenters. The van der Waals surface area contributed by atoms with Crippen molar-refractivity contribution < 1.29 is 9.53 Å². The maximum Gasteiger partial charge on any atom is 0.272 e. The third-order valence-electron chi connectivity index (χ3n) is 4.52. The van der Waals surface area contributed by atoms with Crippen molar-refractivity contribution in [3.8, 4) is 5.75 Å². The Morgan fingerprint density at radius 3 is 2.72 bits per heavy atom. The number of amides is 1. The molecule has 0 aliphatic carbocycles. The predicted octanol–water partition coefficient (Wildman–Crippen LogP) is 2.83. The number of benzene rings is 1. The van der Waals surface area contributed by atoms with Crippen molar-refractivity contribution in [3.05, 3.63) is 59.9 Å². The number of pyridine rings is 1. The maximum absolute atomic E-state index is 12.6. The van der Waals surface area contributed by atoms with Gasteiger partial charge in [-0.2, -0.15) is 0 Å². The number of para-hydroxylation sites is 1. The van der Waals surface area contributed by atoms with E-state index in [0.29, 0.717) is 18.8 Å². The zero-order valence-corrected chi connectivity index (χ0v) is 14.9. The highest BCUT2D eigenvalue weighted by atomic mass is 16.5. The van der Waals surface area contributed by atoms with Crippen LogP contribution in [0.2, 0.25) is 0 Å². The first-order valence-corrected chi connectivity index (χ1v) is 8.84. The molecule has 132 valence electrons. The third kappa shape index (κ3) is 4.17. The molecule has 1 aliphatic heterocycles. The van der Waals surface area contributed by atoms with Crippen LogP contribution in [-0.4, -0.2) is 53.0 Å². The maximum atomic E-state index is 12.6. The number of piperazine rings is 1. The number of ether oxygens (including phenoxy) is 1. The normalized spacial score (nSPS) is 18.2. The van der Waals surface area contributed by atoms with E-state index in [1.54, 1.807) is 12.3 Å². The Labute approximate surface area is 149 Å². The molecular formula is C20H25N3O2. The lowest BCUT2D eigenvalue weighted by atomic mass is 10.1. The number of nitrogens with zero attached hydrogens (tertiary/aromatic N) is 3. The van der Waals surface area contributed by atoms with E-state index in [9.17, 15) is 4.79 Å². The molecule has 0 radical (unpaired) electrons. The van der Waals surface area contributed by atoms with Crippen LogP contribution in [0, 0.1) is 0 Å². The van der Waals surface area contributed by atoms with E-state index < -0.39 is 0 Å². The number of hydrogen-bond acceptors (Lipinski definition) is 4. The molecule has 1 fully saturated rings. The van der Waals surface area contributed by atoms with E-state index in [1.165, 1.54) is 5.56 Å². The number of hydrogen-bond donors (Lipinski definition) is 0. The molecule has 0 bridgehead atoms. The van der Waals surface area contributed by atoms with Crippen LogP contribution in [0.1, 0.15) is 29.9 Å². The molecule has 1 amide bonds. The zero-order chi connectivity index (χ0) is 17.6. The van der Waals surface area contributed by atoms with Crippen LogP contribution >= 0.6 is 0 Å². The predicted molar refractivity (Wildman–Crippen MR) is 97.6 cm³/mol. The summed E-state index contributed by atoms with van der Waals surface area (Å²) < 4.78 is 5.72. The fraction of sp³-hybridized carbons (Fsp3) is 0.400. The number of aromatic nitrogens is 1. The van der Waals surface area contributed by atoms with Crippen LogP contribution in [0.5, 0.6) is 5.75 Å². The average Bonchev–Trinajstić information content (AvgIpc) is 2.64. The molecule has 1 atom stereocenters. The molecule has 25 heavy (non-hydrogen) atoms. The molecule has 3 rings (SSSR count). The Hall–Kier alpha value is -2.40. The molecule has 0 N–H and O–H groups in total. The van der Waals surface area contributed by atoms with E-state index >= 15 is 0 Å². The van der Waals surface area contributed by atoms with Crippen molar-refractivity contribution in [1.82, 2.24) is 14.8 Å². The molecule has 1 aromatic heterocycles. The van der Waals surface area contributed by atoms with Gasteiger partial charge in [-0.25, -0.2) is 0 Å². The van der Waals surface area contributed by atoms with Crippen molar-refractivity contribution in [2.45, 2.75) is 26.4 Å². The van der Waals surface area contributed by atoms with Crippen molar-refractivity contribution in [1.29, 1.82) is 0 Å². The fourth-order valence-electron chi connectivity index (χ4n) is 3.29. The van der Waals surface area contributed by atoms with Crippen molar-refractivity contribution in [2.75, 3.05) is 26.2 Å². The SMILES string of the molecule is CCOc1ccccc1CN1CCN(C(=O)c2ccccn2)C(C)C1. The summed E-state index contributed by atoms with van der Waals surface area (Å²) in [4.78, 5) is 21.1. The van der Waals surface area contributed by atoms with Crippen molar-refractivity contribution >= 4 is 5.91 Å². The van der Waals surface area contributed by atoms with Gasteiger partial charge in [0.25, 0.3) is 5.91 Å². The fourth-order valence-corrected chi connectivity index (χ4v) is 3.29. The van der Waals surface area contributed by atoms with E-state index in [-0.39, 0.29) is 11.9 Å². The summed E-state index contributed by atoms with van der Waals surface area (Å²) >= 11 is 0. The number of rotatable bonds is 5. The van der Waals surface area contributed by atoms with Gasteiger partial charge in [0.1, 0.15) is 11.4 Å². The van der Waals surface area contributed by atoms with Gasteiger partial charge in [0.15, 0.2) is 0 Å². The summed E-state index contributed by atoms with van der Waals surface area (Å²) in [6, 6.07) is 13.8. The Morgan fingerprint density at radius 1 is 1.20 bits per heavy atom. The second kappa shape index (κ2) is 8.12. The minimum absolute atomic E-state index is 0.0162. The van der Waals surface area contributed by atoms with Gasteiger partial charge in [0.2, 0.25) is 0 Å². The highest BCUT2D eigenvalue weighted by molar-refractivity contribution is 5.92. The first kappa shape index (κ1) is 17.4. The van der Waals surface area contributed by atoms with E-state index in [2.05, 4.69) is 22.9 Å². The van der Waals surface area contributed by atoms with Crippen LogP contribution in [0.25, 0.3) is 0 Å². The number of carbonyl (C=O) groups is 1. The molecule has 0 spiro atoms. The molecule has 2 heterocycles. The van der Waals surface area contributed by atoms with Crippen LogP contribution in [0.15, 0.2) is 48.7 Å². The van der Waals surface area contributed by atoms with Crippen molar-refractivity contribution in [3.63, 3.8) is 0 Å². The monoisotopic (exact) mass is 339 g/mol. The van der Waals surface area contributed by atoms with E-state index in [1.807, 2.05) is 42.2 Å². The summed E-state index contributed by atoms with van der Waals surface area (Å²) in [5, 5.41) is 0. The summed E-state index contributed by atoms with van der Waals surface area (Å²) in [7, 11) is 0. The average molecular weight is 339 g/mol. The molecule has 2 aromatic rings. The van der Waals surface area contributed by atoms with Gasteiger partial charge in [0, 0.05) is 44.0 Å². The molecular weight excluding hydrogens is 314 g/mol. The zero-order valence-electron chi connectivity index (χ0n) is 14.9. The molecule has 0 saturated carbocycles. The highest BCUT2D eigenvalue weighted by Gasteiger charge is 2.28. The van der Waals surface area contributed by atoms with Gasteiger partial charge in [-0.15, -0.1) is 0 Å². The minimum Gasteiger partial charge on any atom is -0.494 e. The third-order valence-corrected chi connectivity index (χ3v) is 4.52. The molecule has 1 aliphatic rings. The van der Waals surface area contributed by atoms with Gasteiger partial charge in [-0.1, -0.05) is 24.3 Å². The lowest BCUT2D eigenvalue weighted by molar-refractivity contribution is 0.0468. The standard InChI is InChI=1S/C20H25N3O2/c1-3-25-19-10-5-4-8-17(19)15-22-12-13-23(16(2)14-22)20(24)18-9-6-7-11-21-18/h4-11,16H,3,12-15H2,1-2H3. The molecule has 5 nitrogen and oxygen atoms in total. The first-order valence-electron chi connectivity index (χ1n) is 8.84. The number of carbonyl (C=O) groups excluding carboxylic acids is 1. The summed E-state index contributed by atoms with van der Waals surface area (Å²) in [6.07, 6.45) is 1.67. The lowest BCUT2D eigenvalue weighted by Gasteiger charge is -2.39. The smallest absolute Gasteiger partial charge is 0.272 e. The molecule has 1 aromatic carbocycles. The first-order chi connectivity index (χ1) is 12.2. The molecule has 1 saturated heterocycles. The van der Waals surface area contributed by atoms with E-state index in [0.717, 1.165) is 25.4 Å². The van der Waals surface area contributed by atoms with Gasteiger partial charge in [-0.05, 0) is 32.0 Å². The van der Waals surface area contributed by atoms with Gasteiger partial charge in [-0.3, -0.25) is 14.7 Å². The highest BCUT2D eigenvalue weighted by Crippen LogP contribution is 2.22. The lowest BCUT2D eigenvalue weighted by Crippen LogP contribution is -2.53. The van der Waals surface area contributed by atoms with Gasteiger partial charge >= 0.3 is 0 Å². The Bertz CT molecular complexity index is 705. The minimum atomic E-state index is 0.0162. The quantitative estimate of drug-likeness (QED) is 0.840. The Balaban J connectivity index is 1.63. The largest absolute Gasteiger partial charge is 0.494 e. The summed E-state index contributed by atoms with van der Waals surface area (Å²) in [6.45, 7) is 8.02. The van der Waals surface area contributed by atoms with Crippen LogP contribution in [0.4, 0.5) is 0 Å². The van der Waals surface area contributed by atoms with Gasteiger partial charge in [0.05, 0.1) is 6.61 Å². The summed E-state index contributed by atoms with van der Waals surface area (Å²) in [5.41, 5.74) is 1.71.